The number of aromatic nitrogens is 4. The van der Waals surface area contributed by atoms with Gasteiger partial charge in [0.1, 0.15) is 5.71 Å². The van der Waals surface area contributed by atoms with E-state index in [0.717, 1.165) is 34.8 Å². The van der Waals surface area contributed by atoms with Crippen molar-refractivity contribution >= 4 is 34.6 Å². The summed E-state index contributed by atoms with van der Waals surface area (Å²) in [5, 5.41) is 7.92. The van der Waals surface area contributed by atoms with Crippen LogP contribution in [0.4, 0.5) is 0 Å². The summed E-state index contributed by atoms with van der Waals surface area (Å²) in [4.78, 5) is 36.8. The van der Waals surface area contributed by atoms with E-state index in [1.165, 1.54) is 14.2 Å². The van der Waals surface area contributed by atoms with Crippen LogP contribution < -0.4 is 14.2 Å². The van der Waals surface area contributed by atoms with Crippen LogP contribution in [0.25, 0.3) is 0 Å². The van der Waals surface area contributed by atoms with Gasteiger partial charge in [0.2, 0.25) is 0 Å². The van der Waals surface area contributed by atoms with Gasteiger partial charge in [0.15, 0.2) is 12.7 Å². The predicted molar refractivity (Wildman–Crippen MR) is 134 cm³/mol. The van der Waals surface area contributed by atoms with Crippen LogP contribution in [0.1, 0.15) is 47.5 Å². The van der Waals surface area contributed by atoms with Gasteiger partial charge in [-0.2, -0.15) is 0 Å². The molecule has 3 aromatic rings. The second-order valence-corrected chi connectivity index (χ2v) is 9.67. The molecule has 1 saturated heterocycles. The van der Waals surface area contributed by atoms with Crippen molar-refractivity contribution in [3.63, 3.8) is 0 Å². The summed E-state index contributed by atoms with van der Waals surface area (Å²) in [7, 11) is 2.84. The summed E-state index contributed by atoms with van der Waals surface area (Å²) in [6.45, 7) is 1.03. The van der Waals surface area contributed by atoms with Crippen molar-refractivity contribution in [1.29, 1.82) is 0 Å². The van der Waals surface area contributed by atoms with E-state index in [1.54, 1.807) is 16.2 Å². The van der Waals surface area contributed by atoms with Crippen molar-refractivity contribution < 1.29 is 23.8 Å². The molecule has 13 heteroatoms. The van der Waals surface area contributed by atoms with E-state index in [4.69, 9.17) is 35.6 Å². The number of carbonyl (C=O) groups excluding carboxylic acids is 1. The third-order valence-electron chi connectivity index (χ3n) is 6.10. The maximum Gasteiger partial charge on any atom is 0.326 e. The van der Waals surface area contributed by atoms with Gasteiger partial charge in [-0.15, -0.1) is 26.3 Å². The Morgan fingerprint density at radius 1 is 1.16 bits per heavy atom. The van der Waals surface area contributed by atoms with Crippen molar-refractivity contribution in [1.82, 2.24) is 24.8 Å². The number of amides is 1. The Bertz CT molecular complexity index is 1270. The molecule has 0 N–H and O–H groups in total. The van der Waals surface area contributed by atoms with Crippen LogP contribution in [0, 0.1) is 6.07 Å². The number of likely N-dealkylation sites (tertiary alicyclic amines) is 1. The third-order valence-corrected chi connectivity index (χ3v) is 7.44. The summed E-state index contributed by atoms with van der Waals surface area (Å²) in [6, 6.07) is 8.67. The summed E-state index contributed by atoms with van der Waals surface area (Å²) in [5.41, 5.74) is 2.43. The fraction of sp³-hybridized carbons (Fsp3) is 0.417. The molecule has 4 heterocycles. The maximum atomic E-state index is 12.7. The molecule has 37 heavy (non-hydrogen) atoms. The molecule has 2 aliphatic rings. The standard InChI is InChI=1S/C24H24ClN6O5S/c1-33-22-27-23(34-2)29-24(28-22)35-12-20(32)31-9-7-14(8-10-31)21-26-18(13-37-21)17-11-19(36-30-17)15-5-3-4-6-16(15)25/h3-4,6,13-14,19H,7-12H2,1-2H3. The topological polar surface area (TPSA) is 121 Å². The zero-order chi connectivity index (χ0) is 25.8. The summed E-state index contributed by atoms with van der Waals surface area (Å²) >= 11 is 7.89. The number of hydrogen-bond donors (Lipinski definition) is 0. The molecule has 1 fully saturated rings. The van der Waals surface area contributed by atoms with Crippen LogP contribution in [0.15, 0.2) is 28.7 Å². The van der Waals surface area contributed by atoms with Gasteiger partial charge in [-0.3, -0.25) is 4.79 Å². The van der Waals surface area contributed by atoms with Crippen molar-refractivity contribution in [2.75, 3.05) is 33.9 Å². The van der Waals surface area contributed by atoms with E-state index in [-0.39, 0.29) is 42.6 Å². The lowest BCUT2D eigenvalue weighted by Gasteiger charge is -2.31. The lowest BCUT2D eigenvalue weighted by Crippen LogP contribution is -2.40. The van der Waals surface area contributed by atoms with Crippen molar-refractivity contribution in [2.45, 2.75) is 31.3 Å². The number of rotatable bonds is 8. The second-order valence-electron chi connectivity index (χ2n) is 8.37. The number of ether oxygens (including phenoxy) is 3. The van der Waals surface area contributed by atoms with E-state index >= 15 is 0 Å². The van der Waals surface area contributed by atoms with Gasteiger partial charge in [-0.1, -0.05) is 28.9 Å². The Labute approximate surface area is 222 Å². The first-order chi connectivity index (χ1) is 18.0. The molecule has 0 bridgehead atoms. The van der Waals surface area contributed by atoms with Gasteiger partial charge >= 0.3 is 18.0 Å². The van der Waals surface area contributed by atoms with Crippen LogP contribution >= 0.6 is 22.9 Å². The minimum atomic E-state index is -0.259. The fourth-order valence-electron chi connectivity index (χ4n) is 4.13. The van der Waals surface area contributed by atoms with Crippen LogP contribution in [-0.2, 0) is 9.63 Å². The van der Waals surface area contributed by atoms with Crippen molar-refractivity contribution in [3.05, 3.63) is 50.9 Å². The third kappa shape index (κ3) is 5.75. The Balaban J connectivity index is 1.12. The number of benzene rings is 1. The molecule has 11 nitrogen and oxygen atoms in total. The SMILES string of the molecule is COc1nc(OC)nc(OCC(=O)N2CCC(c3nc(C4=NOC(c5[c]cccc5Cl)C4)cs3)CC2)n1. The van der Waals surface area contributed by atoms with Gasteiger partial charge < -0.3 is 23.9 Å². The van der Waals surface area contributed by atoms with E-state index in [1.807, 2.05) is 23.6 Å². The molecule has 2 aromatic heterocycles. The molecule has 5 rings (SSSR count). The Kier molecular flexibility index (Phi) is 7.65. The highest BCUT2D eigenvalue weighted by Crippen LogP contribution is 2.35. The van der Waals surface area contributed by atoms with E-state index < -0.39 is 0 Å². The minimum Gasteiger partial charge on any atom is -0.467 e. The normalized spacial score (nSPS) is 17.8. The lowest BCUT2D eigenvalue weighted by molar-refractivity contribution is -0.134. The van der Waals surface area contributed by atoms with Gasteiger partial charge in [-0.05, 0) is 25.0 Å². The smallest absolute Gasteiger partial charge is 0.326 e. The molecule has 2 aliphatic heterocycles. The summed E-state index contributed by atoms with van der Waals surface area (Å²) in [5.74, 6) is 0.132. The summed E-state index contributed by atoms with van der Waals surface area (Å²) < 4.78 is 15.5. The van der Waals surface area contributed by atoms with Gasteiger partial charge in [-0.25, -0.2) is 4.98 Å². The molecule has 1 amide bonds. The zero-order valence-electron chi connectivity index (χ0n) is 20.2. The number of halogens is 1. The minimum absolute atomic E-state index is 0.0317. The Morgan fingerprint density at radius 2 is 1.89 bits per heavy atom. The zero-order valence-corrected chi connectivity index (χ0v) is 21.8. The predicted octanol–water partition coefficient (Wildman–Crippen LogP) is 3.45. The van der Waals surface area contributed by atoms with Crippen molar-refractivity contribution in [3.8, 4) is 18.0 Å². The van der Waals surface area contributed by atoms with Gasteiger partial charge in [0.25, 0.3) is 5.91 Å². The molecular formula is C24H24ClN6O5S. The van der Waals surface area contributed by atoms with Crippen LogP contribution in [0.3, 0.4) is 0 Å². The monoisotopic (exact) mass is 543 g/mol. The van der Waals surface area contributed by atoms with Gasteiger partial charge in [0, 0.05) is 41.4 Å². The highest BCUT2D eigenvalue weighted by molar-refractivity contribution is 7.10. The number of piperidine rings is 1. The molecule has 1 unspecified atom stereocenters. The molecular weight excluding hydrogens is 520 g/mol. The molecule has 1 radical (unpaired) electrons. The van der Waals surface area contributed by atoms with Crippen LogP contribution in [0.5, 0.6) is 18.0 Å². The molecule has 193 valence electrons. The van der Waals surface area contributed by atoms with Crippen LogP contribution in [0.2, 0.25) is 5.02 Å². The number of methoxy groups -OCH3 is 2. The molecule has 1 aromatic carbocycles. The first kappa shape index (κ1) is 25.2. The first-order valence-corrected chi connectivity index (χ1v) is 12.9. The first-order valence-electron chi connectivity index (χ1n) is 11.6. The molecule has 0 saturated carbocycles. The van der Waals surface area contributed by atoms with E-state index in [2.05, 4.69) is 26.2 Å². The average Bonchev–Trinajstić information content (AvgIpc) is 3.62. The number of oxime groups is 1. The van der Waals surface area contributed by atoms with E-state index in [9.17, 15) is 4.79 Å². The number of hydrogen-bond acceptors (Lipinski definition) is 11. The van der Waals surface area contributed by atoms with Gasteiger partial charge in [0.05, 0.1) is 24.9 Å². The van der Waals surface area contributed by atoms with E-state index in [0.29, 0.717) is 24.5 Å². The Morgan fingerprint density at radius 3 is 2.59 bits per heavy atom. The summed E-state index contributed by atoms with van der Waals surface area (Å²) in [6.07, 6.45) is 1.96. The highest BCUT2D eigenvalue weighted by Gasteiger charge is 2.30. The number of thiazole rings is 1. The maximum absolute atomic E-state index is 12.7. The fourth-order valence-corrected chi connectivity index (χ4v) is 5.38. The van der Waals surface area contributed by atoms with Crippen LogP contribution in [-0.4, -0.2) is 70.4 Å². The second kappa shape index (κ2) is 11.3. The molecule has 1 atom stereocenters. The quantitative estimate of drug-likeness (QED) is 0.420. The highest BCUT2D eigenvalue weighted by atomic mass is 35.5. The molecule has 0 aliphatic carbocycles. The Hall–Kier alpha value is -3.51. The lowest BCUT2D eigenvalue weighted by atomic mass is 9.97. The number of carbonyl (C=O) groups is 1. The van der Waals surface area contributed by atoms with Crippen molar-refractivity contribution in [2.24, 2.45) is 5.16 Å². The largest absolute Gasteiger partial charge is 0.467 e. The average molecular weight is 544 g/mol. The molecule has 0 spiro atoms. The number of nitrogens with zero attached hydrogens (tertiary/aromatic N) is 6.